The van der Waals surface area contributed by atoms with Gasteiger partial charge in [0.05, 0.1) is 19.3 Å². The summed E-state index contributed by atoms with van der Waals surface area (Å²) < 4.78 is 10.8. The maximum absolute atomic E-state index is 11.9. The lowest BCUT2D eigenvalue weighted by Crippen LogP contribution is -2.44. The Balaban J connectivity index is 1.76. The van der Waals surface area contributed by atoms with E-state index < -0.39 is 0 Å². The first-order valence-corrected chi connectivity index (χ1v) is 6.95. The Morgan fingerprint density at radius 1 is 1.50 bits per heavy atom. The molecule has 1 heterocycles. The minimum Gasteiger partial charge on any atom is -0.378 e. The second-order valence-corrected chi connectivity index (χ2v) is 4.87. The predicted molar refractivity (Wildman–Crippen MR) is 76.4 cm³/mol. The third-order valence-corrected chi connectivity index (χ3v) is 3.37. The minimum atomic E-state index is -0.115. The summed E-state index contributed by atoms with van der Waals surface area (Å²) in [7, 11) is 1.65. The highest BCUT2D eigenvalue weighted by Crippen LogP contribution is 2.14. The SMILES string of the molecule is COC(CNC(=O)CC1COCCN1)c1ccccc1. The zero-order valence-electron chi connectivity index (χ0n) is 11.8. The van der Waals surface area contributed by atoms with E-state index in [1.165, 1.54) is 0 Å². The molecule has 2 rings (SSSR count). The van der Waals surface area contributed by atoms with E-state index >= 15 is 0 Å². The van der Waals surface area contributed by atoms with Crippen molar-refractivity contribution in [1.82, 2.24) is 10.6 Å². The molecule has 0 saturated carbocycles. The monoisotopic (exact) mass is 278 g/mol. The smallest absolute Gasteiger partial charge is 0.221 e. The molecule has 2 atom stereocenters. The quantitative estimate of drug-likeness (QED) is 0.810. The van der Waals surface area contributed by atoms with E-state index in [9.17, 15) is 4.79 Å². The number of carbonyl (C=O) groups excluding carboxylic acids is 1. The van der Waals surface area contributed by atoms with Crippen molar-refractivity contribution in [3.63, 3.8) is 0 Å². The van der Waals surface area contributed by atoms with Crippen LogP contribution in [0.5, 0.6) is 0 Å². The third-order valence-electron chi connectivity index (χ3n) is 3.37. The number of benzene rings is 1. The van der Waals surface area contributed by atoms with Crippen molar-refractivity contribution in [2.24, 2.45) is 0 Å². The van der Waals surface area contributed by atoms with Crippen LogP contribution in [0.15, 0.2) is 30.3 Å². The van der Waals surface area contributed by atoms with Gasteiger partial charge in [0.2, 0.25) is 5.91 Å². The molecule has 20 heavy (non-hydrogen) atoms. The summed E-state index contributed by atoms with van der Waals surface area (Å²) in [5.41, 5.74) is 1.06. The van der Waals surface area contributed by atoms with Crippen molar-refractivity contribution in [1.29, 1.82) is 0 Å². The van der Waals surface area contributed by atoms with Crippen LogP contribution in [-0.2, 0) is 14.3 Å². The minimum absolute atomic E-state index is 0.0194. The van der Waals surface area contributed by atoms with E-state index in [0.29, 0.717) is 19.6 Å². The Morgan fingerprint density at radius 3 is 2.95 bits per heavy atom. The molecule has 1 aromatic rings. The van der Waals surface area contributed by atoms with Crippen molar-refractivity contribution in [2.45, 2.75) is 18.6 Å². The van der Waals surface area contributed by atoms with Crippen LogP contribution in [0.4, 0.5) is 0 Å². The van der Waals surface area contributed by atoms with Crippen LogP contribution in [0.1, 0.15) is 18.1 Å². The number of morpholine rings is 1. The van der Waals surface area contributed by atoms with Crippen LogP contribution in [0, 0.1) is 0 Å². The van der Waals surface area contributed by atoms with Crippen LogP contribution < -0.4 is 10.6 Å². The van der Waals surface area contributed by atoms with Crippen molar-refractivity contribution in [3.8, 4) is 0 Å². The molecule has 1 aliphatic heterocycles. The topological polar surface area (TPSA) is 59.6 Å². The van der Waals surface area contributed by atoms with Crippen LogP contribution in [-0.4, -0.2) is 45.4 Å². The molecule has 2 N–H and O–H groups in total. The number of amides is 1. The normalized spacial score (nSPS) is 20.4. The molecule has 0 aliphatic carbocycles. The number of rotatable bonds is 6. The molecular formula is C15H22N2O3. The highest BCUT2D eigenvalue weighted by Gasteiger charge is 2.18. The van der Waals surface area contributed by atoms with Crippen molar-refractivity contribution in [3.05, 3.63) is 35.9 Å². The molecule has 5 heteroatoms. The largest absolute Gasteiger partial charge is 0.378 e. The molecule has 1 amide bonds. The molecule has 1 aliphatic rings. The van der Waals surface area contributed by atoms with Gasteiger partial charge in [-0.15, -0.1) is 0 Å². The summed E-state index contributed by atoms with van der Waals surface area (Å²) in [6, 6.07) is 10.00. The highest BCUT2D eigenvalue weighted by atomic mass is 16.5. The van der Waals surface area contributed by atoms with Gasteiger partial charge < -0.3 is 20.1 Å². The zero-order valence-corrected chi connectivity index (χ0v) is 11.8. The van der Waals surface area contributed by atoms with E-state index in [4.69, 9.17) is 9.47 Å². The molecule has 0 spiro atoms. The Labute approximate surface area is 119 Å². The first-order chi connectivity index (χ1) is 9.79. The summed E-state index contributed by atoms with van der Waals surface area (Å²) >= 11 is 0. The first-order valence-electron chi connectivity index (χ1n) is 6.95. The Bertz CT molecular complexity index is 405. The molecule has 0 bridgehead atoms. The molecule has 1 saturated heterocycles. The fourth-order valence-electron chi connectivity index (χ4n) is 2.26. The van der Waals surface area contributed by atoms with E-state index in [0.717, 1.165) is 18.7 Å². The summed E-state index contributed by atoms with van der Waals surface area (Å²) in [6.45, 7) is 2.60. The van der Waals surface area contributed by atoms with Gasteiger partial charge in [-0.2, -0.15) is 0 Å². The van der Waals surface area contributed by atoms with Gasteiger partial charge in [0.1, 0.15) is 0 Å². The predicted octanol–water partition coefficient (Wildman–Crippen LogP) is 0.869. The van der Waals surface area contributed by atoms with Gasteiger partial charge in [0, 0.05) is 32.7 Å². The third kappa shape index (κ3) is 4.59. The van der Waals surface area contributed by atoms with Crippen molar-refractivity contribution < 1.29 is 14.3 Å². The van der Waals surface area contributed by atoms with Crippen LogP contribution in [0.2, 0.25) is 0 Å². The number of methoxy groups -OCH3 is 1. The van der Waals surface area contributed by atoms with E-state index in [1.807, 2.05) is 30.3 Å². The maximum atomic E-state index is 11.9. The van der Waals surface area contributed by atoms with Crippen molar-refractivity contribution in [2.75, 3.05) is 33.4 Å². The summed E-state index contributed by atoms with van der Waals surface area (Å²) in [5, 5.41) is 6.19. The van der Waals surface area contributed by atoms with Gasteiger partial charge >= 0.3 is 0 Å². The molecular weight excluding hydrogens is 256 g/mol. The molecule has 1 aromatic carbocycles. The molecule has 0 aromatic heterocycles. The van der Waals surface area contributed by atoms with Gasteiger partial charge in [-0.1, -0.05) is 30.3 Å². The highest BCUT2D eigenvalue weighted by molar-refractivity contribution is 5.76. The maximum Gasteiger partial charge on any atom is 0.221 e. The van der Waals surface area contributed by atoms with Crippen LogP contribution >= 0.6 is 0 Å². The van der Waals surface area contributed by atoms with Crippen molar-refractivity contribution >= 4 is 5.91 Å². The standard InChI is InChI=1S/C15H22N2O3/c1-19-14(12-5-3-2-4-6-12)10-17-15(18)9-13-11-20-8-7-16-13/h2-6,13-14,16H,7-11H2,1H3,(H,17,18). The average molecular weight is 278 g/mol. The average Bonchev–Trinajstić information content (AvgIpc) is 2.50. The fourth-order valence-corrected chi connectivity index (χ4v) is 2.26. The van der Waals surface area contributed by atoms with Crippen LogP contribution in [0.25, 0.3) is 0 Å². The van der Waals surface area contributed by atoms with E-state index in [-0.39, 0.29) is 18.1 Å². The van der Waals surface area contributed by atoms with Gasteiger partial charge in [0.25, 0.3) is 0 Å². The number of hydrogen-bond donors (Lipinski definition) is 2. The second kappa shape index (κ2) is 7.99. The molecule has 0 radical (unpaired) electrons. The number of carbonyl (C=O) groups is 1. The van der Waals surface area contributed by atoms with Gasteiger partial charge in [-0.3, -0.25) is 4.79 Å². The number of hydrogen-bond acceptors (Lipinski definition) is 4. The molecule has 1 fully saturated rings. The lowest BCUT2D eigenvalue weighted by Gasteiger charge is -2.23. The zero-order chi connectivity index (χ0) is 14.2. The second-order valence-electron chi connectivity index (χ2n) is 4.87. The van der Waals surface area contributed by atoms with E-state index in [1.54, 1.807) is 7.11 Å². The van der Waals surface area contributed by atoms with Gasteiger partial charge in [-0.05, 0) is 5.56 Å². The fraction of sp³-hybridized carbons (Fsp3) is 0.533. The summed E-state index contributed by atoms with van der Waals surface area (Å²) in [5.74, 6) is 0.0194. The number of nitrogens with one attached hydrogen (secondary N) is 2. The Kier molecular flexibility index (Phi) is 5.98. The Morgan fingerprint density at radius 2 is 2.30 bits per heavy atom. The lowest BCUT2D eigenvalue weighted by molar-refractivity contribution is -0.122. The number of ether oxygens (including phenoxy) is 2. The van der Waals surface area contributed by atoms with Crippen LogP contribution in [0.3, 0.4) is 0 Å². The molecule has 2 unspecified atom stereocenters. The summed E-state index contributed by atoms with van der Waals surface area (Å²) in [6.07, 6.45) is 0.321. The molecule has 5 nitrogen and oxygen atoms in total. The van der Waals surface area contributed by atoms with Gasteiger partial charge in [-0.25, -0.2) is 0 Å². The van der Waals surface area contributed by atoms with Gasteiger partial charge in [0.15, 0.2) is 0 Å². The van der Waals surface area contributed by atoms with E-state index in [2.05, 4.69) is 10.6 Å². The lowest BCUT2D eigenvalue weighted by atomic mass is 10.1. The summed E-state index contributed by atoms with van der Waals surface area (Å²) in [4.78, 5) is 11.9. The first kappa shape index (κ1) is 15.0. The molecule has 110 valence electrons. The Hall–Kier alpha value is -1.43.